The largest absolute Gasteiger partial charge is 0.373 e. The predicted octanol–water partition coefficient (Wildman–Crippen LogP) is 5.37. The van der Waals surface area contributed by atoms with Gasteiger partial charge in [0.1, 0.15) is 6.54 Å². The summed E-state index contributed by atoms with van der Waals surface area (Å²) >= 11 is 0. The van der Waals surface area contributed by atoms with Gasteiger partial charge in [-0.15, -0.1) is 0 Å². The Morgan fingerprint density at radius 2 is 1.21 bits per heavy atom. The molecular weight excluding hydrogens is 373 g/mol. The lowest BCUT2D eigenvalue weighted by atomic mass is 10.1. The molecule has 0 heterocycles. The van der Waals surface area contributed by atoms with Crippen LogP contribution in [0.4, 0.5) is 0 Å². The Hall–Kier alpha value is -0.450. The van der Waals surface area contributed by atoms with Crippen molar-refractivity contribution in [3.05, 3.63) is 24.3 Å². The molecule has 0 saturated heterocycles. The molecule has 0 aromatic carbocycles. The normalized spacial score (nSPS) is 15.5. The maximum absolute atomic E-state index is 11.7. The molecule has 5 nitrogen and oxygen atoms in total. The lowest BCUT2D eigenvalue weighted by Crippen LogP contribution is -2.49. The van der Waals surface area contributed by atoms with Crippen LogP contribution in [-0.2, 0) is 4.57 Å². The minimum atomic E-state index is -4.57. The van der Waals surface area contributed by atoms with Gasteiger partial charge in [-0.3, -0.25) is 4.57 Å². The number of rotatable bonds is 17. The Morgan fingerprint density at radius 3 is 1.64 bits per heavy atom. The minimum Gasteiger partial charge on any atom is -0.373 e. The van der Waals surface area contributed by atoms with E-state index in [4.69, 9.17) is 0 Å². The van der Waals surface area contributed by atoms with Crippen LogP contribution in [0.15, 0.2) is 24.3 Å². The van der Waals surface area contributed by atoms with Crippen molar-refractivity contribution in [2.75, 3.05) is 27.7 Å². The summed E-state index contributed by atoms with van der Waals surface area (Å²) in [7, 11) is 0.885. The zero-order chi connectivity index (χ0) is 21.5. The first-order chi connectivity index (χ1) is 13.0. The number of allylic oxidation sites excluding steroid dienone is 4. The number of hydrogen-bond acceptors (Lipinski definition) is 2. The predicted molar refractivity (Wildman–Crippen MR) is 119 cm³/mol. The number of quaternary nitrogens is 1. The van der Waals surface area contributed by atoms with E-state index in [9.17, 15) is 19.5 Å². The third-order valence-electron chi connectivity index (χ3n) is 4.78. The Labute approximate surface area is 173 Å². The molecule has 0 rings (SSSR count). The highest BCUT2D eigenvalue weighted by Crippen LogP contribution is 2.52. The third-order valence-corrected chi connectivity index (χ3v) is 6.23. The molecule has 0 aliphatic rings. The second-order valence-electron chi connectivity index (χ2n) is 8.94. The molecule has 28 heavy (non-hydrogen) atoms. The Balaban J connectivity index is 3.86. The van der Waals surface area contributed by atoms with Crippen LogP contribution in [-0.4, -0.2) is 52.4 Å². The van der Waals surface area contributed by atoms with Crippen molar-refractivity contribution in [2.24, 2.45) is 0 Å². The van der Waals surface area contributed by atoms with Gasteiger partial charge in [-0.1, -0.05) is 63.3 Å². The van der Waals surface area contributed by atoms with Gasteiger partial charge in [-0.05, 0) is 44.9 Å². The molecule has 0 aromatic heterocycles. The van der Waals surface area contributed by atoms with Crippen molar-refractivity contribution in [1.82, 2.24) is 0 Å². The Kier molecular flexibility index (Phi) is 14.3. The van der Waals surface area contributed by atoms with E-state index < -0.39 is 12.9 Å². The van der Waals surface area contributed by atoms with E-state index in [1.165, 1.54) is 51.4 Å². The summed E-state index contributed by atoms with van der Waals surface area (Å²) in [6, 6.07) is 0. The molecule has 0 aliphatic carbocycles. The van der Waals surface area contributed by atoms with Gasteiger partial charge >= 0.3 is 7.60 Å². The van der Waals surface area contributed by atoms with Crippen molar-refractivity contribution >= 4 is 7.60 Å². The number of nitrogens with zero attached hydrogens (tertiary/aromatic N) is 1. The van der Waals surface area contributed by atoms with Crippen LogP contribution in [0.2, 0.25) is 0 Å². The maximum Gasteiger partial charge on any atom is 0.362 e. The third kappa shape index (κ3) is 14.5. The van der Waals surface area contributed by atoms with Crippen molar-refractivity contribution < 1.29 is 23.9 Å². The molecule has 3 N–H and O–H groups in total. The smallest absolute Gasteiger partial charge is 0.362 e. The summed E-state index contributed by atoms with van der Waals surface area (Å²) < 4.78 is 12.0. The lowest BCUT2D eigenvalue weighted by Gasteiger charge is -2.35. The van der Waals surface area contributed by atoms with Gasteiger partial charge in [0.2, 0.25) is 5.34 Å². The van der Waals surface area contributed by atoms with E-state index in [1.54, 1.807) is 0 Å². The van der Waals surface area contributed by atoms with Crippen LogP contribution in [0.3, 0.4) is 0 Å². The quantitative estimate of drug-likeness (QED) is 0.128. The summed E-state index contributed by atoms with van der Waals surface area (Å²) in [6.45, 7) is 2.25. The second kappa shape index (κ2) is 14.5. The molecule has 166 valence electrons. The molecule has 0 fully saturated rings. The van der Waals surface area contributed by atoms with Gasteiger partial charge in [0.15, 0.2) is 0 Å². The first kappa shape index (κ1) is 27.5. The zero-order valence-electron chi connectivity index (χ0n) is 18.6. The SMILES string of the molecule is CCCC/C=C\CCCCCCC/C=C\CCC(O)(C[N+](C)(C)C)P(=O)(O)O. The number of hydrogen-bond donors (Lipinski definition) is 3. The summed E-state index contributed by atoms with van der Waals surface area (Å²) in [5.74, 6) is 0. The number of unbranched alkanes of at least 4 members (excludes halogenated alkanes) is 8. The van der Waals surface area contributed by atoms with Gasteiger partial charge in [0, 0.05) is 0 Å². The standard InChI is InChI=1S/C22H44NO4P/c1-5-6-7-8-9-10-11-12-13-14-15-16-17-18-19-20-22(24,28(25,26)27)21-23(2,3)4/h8-9,17-18,24H,5-7,10-16,19-21H2,1-4H3,(H-,25,26,27)/p+1/b9-8-,18-17-. The van der Waals surface area contributed by atoms with Crippen LogP contribution < -0.4 is 0 Å². The average Bonchev–Trinajstić information content (AvgIpc) is 2.56. The molecule has 0 amide bonds. The molecule has 1 atom stereocenters. The van der Waals surface area contributed by atoms with Crippen molar-refractivity contribution in [2.45, 2.75) is 89.3 Å². The van der Waals surface area contributed by atoms with E-state index >= 15 is 0 Å². The van der Waals surface area contributed by atoms with E-state index in [0.717, 1.165) is 12.8 Å². The van der Waals surface area contributed by atoms with Crippen molar-refractivity contribution in [3.8, 4) is 0 Å². The van der Waals surface area contributed by atoms with Crippen LogP contribution in [0.5, 0.6) is 0 Å². The van der Waals surface area contributed by atoms with Crippen LogP contribution in [0.25, 0.3) is 0 Å². The first-order valence-electron chi connectivity index (χ1n) is 10.9. The van der Waals surface area contributed by atoms with Gasteiger partial charge < -0.3 is 19.4 Å². The van der Waals surface area contributed by atoms with Crippen LogP contribution >= 0.6 is 7.60 Å². The van der Waals surface area contributed by atoms with Crippen LogP contribution in [0, 0.1) is 0 Å². The van der Waals surface area contributed by atoms with Gasteiger partial charge in [-0.25, -0.2) is 0 Å². The highest BCUT2D eigenvalue weighted by atomic mass is 31.2. The summed E-state index contributed by atoms with van der Waals surface area (Å²) in [5.41, 5.74) is 0. The molecule has 0 spiro atoms. The molecular formula is C22H45NO4P+. The van der Waals surface area contributed by atoms with Gasteiger partial charge in [0.05, 0.1) is 21.1 Å². The number of likely N-dealkylation sites (N-methyl/N-ethyl adjacent to an activating group) is 1. The molecule has 6 heteroatoms. The minimum absolute atomic E-state index is 0.0267. The second-order valence-corrected chi connectivity index (χ2v) is 10.9. The monoisotopic (exact) mass is 418 g/mol. The molecule has 0 saturated carbocycles. The maximum atomic E-state index is 11.7. The fraction of sp³-hybridized carbons (Fsp3) is 0.818. The van der Waals surface area contributed by atoms with E-state index in [-0.39, 0.29) is 13.0 Å². The van der Waals surface area contributed by atoms with E-state index in [2.05, 4.69) is 25.2 Å². The molecule has 0 aromatic rings. The molecule has 0 aliphatic heterocycles. The zero-order valence-corrected chi connectivity index (χ0v) is 19.5. The highest BCUT2D eigenvalue weighted by molar-refractivity contribution is 7.53. The molecule has 0 bridgehead atoms. The summed E-state index contributed by atoms with van der Waals surface area (Å²) in [5, 5.41) is 8.51. The van der Waals surface area contributed by atoms with E-state index in [0.29, 0.717) is 10.9 Å². The lowest BCUT2D eigenvalue weighted by molar-refractivity contribution is -0.875. The highest BCUT2D eigenvalue weighted by Gasteiger charge is 2.48. The Bertz CT molecular complexity index is 493. The average molecular weight is 419 g/mol. The van der Waals surface area contributed by atoms with E-state index in [1.807, 2.05) is 27.2 Å². The van der Waals surface area contributed by atoms with Crippen molar-refractivity contribution in [1.29, 1.82) is 0 Å². The molecule has 0 radical (unpaired) electrons. The van der Waals surface area contributed by atoms with Gasteiger partial charge in [-0.2, -0.15) is 0 Å². The van der Waals surface area contributed by atoms with Crippen LogP contribution in [0.1, 0.15) is 84.0 Å². The topological polar surface area (TPSA) is 77.8 Å². The molecule has 1 unspecified atom stereocenters. The van der Waals surface area contributed by atoms with Crippen molar-refractivity contribution in [3.63, 3.8) is 0 Å². The fourth-order valence-electron chi connectivity index (χ4n) is 3.24. The fourth-order valence-corrected chi connectivity index (χ4v) is 4.27. The Morgan fingerprint density at radius 1 is 0.786 bits per heavy atom. The summed E-state index contributed by atoms with van der Waals surface area (Å²) in [4.78, 5) is 19.1. The number of aliphatic hydroxyl groups is 1. The van der Waals surface area contributed by atoms with Gasteiger partial charge in [0.25, 0.3) is 0 Å². The summed E-state index contributed by atoms with van der Waals surface area (Å²) in [6.07, 6.45) is 21.3. The first-order valence-corrected chi connectivity index (χ1v) is 12.5.